The molecule has 0 amide bonds. The van der Waals surface area contributed by atoms with E-state index in [4.69, 9.17) is 0 Å². The fraction of sp³-hybridized carbons (Fsp3) is 0.500. The molecule has 0 saturated carbocycles. The first kappa shape index (κ1) is 8.25. The molecule has 1 aliphatic rings. The van der Waals surface area contributed by atoms with Gasteiger partial charge in [-0.25, -0.2) is 9.78 Å². The van der Waals surface area contributed by atoms with Gasteiger partial charge < -0.3 is 14.6 Å². The average molecular weight is 181 g/mol. The van der Waals surface area contributed by atoms with Gasteiger partial charge in [0.05, 0.1) is 13.7 Å². The van der Waals surface area contributed by atoms with E-state index in [1.807, 2.05) is 4.57 Å². The first-order valence-corrected chi connectivity index (χ1v) is 4.16. The minimum absolute atomic E-state index is 0.373. The zero-order chi connectivity index (χ0) is 9.26. The van der Waals surface area contributed by atoms with Crippen molar-refractivity contribution in [3.63, 3.8) is 0 Å². The Morgan fingerprint density at radius 3 is 3.31 bits per heavy atom. The van der Waals surface area contributed by atoms with Crippen LogP contribution in [-0.2, 0) is 17.8 Å². The van der Waals surface area contributed by atoms with Gasteiger partial charge in [-0.1, -0.05) is 0 Å². The molecule has 0 atom stereocenters. The van der Waals surface area contributed by atoms with E-state index in [1.165, 1.54) is 7.11 Å². The fourth-order valence-corrected chi connectivity index (χ4v) is 1.39. The number of aromatic nitrogens is 2. The van der Waals surface area contributed by atoms with Crippen LogP contribution < -0.4 is 5.32 Å². The first-order valence-electron chi connectivity index (χ1n) is 4.16. The molecule has 0 spiro atoms. The zero-order valence-corrected chi connectivity index (χ0v) is 7.41. The number of methoxy groups -OCH3 is 1. The predicted octanol–water partition coefficient (Wildman–Crippen LogP) is -0.227. The minimum Gasteiger partial charge on any atom is -0.464 e. The van der Waals surface area contributed by atoms with Gasteiger partial charge in [-0.3, -0.25) is 0 Å². The van der Waals surface area contributed by atoms with Crippen molar-refractivity contribution < 1.29 is 9.53 Å². The normalized spacial score (nSPS) is 15.2. The van der Waals surface area contributed by atoms with Gasteiger partial charge in [-0.05, 0) is 0 Å². The van der Waals surface area contributed by atoms with Crippen LogP contribution in [0.15, 0.2) is 6.20 Å². The molecule has 1 N–H and O–H groups in total. The summed E-state index contributed by atoms with van der Waals surface area (Å²) in [6.45, 7) is 2.50. The molecule has 1 aromatic rings. The van der Waals surface area contributed by atoms with Crippen molar-refractivity contribution >= 4 is 5.97 Å². The number of nitrogens with zero attached hydrogens (tertiary/aromatic N) is 2. The Hall–Kier alpha value is -1.36. The van der Waals surface area contributed by atoms with E-state index in [1.54, 1.807) is 6.20 Å². The lowest BCUT2D eigenvalue weighted by molar-refractivity contribution is 0.0594. The van der Waals surface area contributed by atoms with Gasteiger partial charge in [0.1, 0.15) is 5.82 Å². The van der Waals surface area contributed by atoms with Crippen molar-refractivity contribution in [3.05, 3.63) is 17.7 Å². The Kier molecular flexibility index (Phi) is 2.02. The molecule has 1 aliphatic heterocycles. The van der Waals surface area contributed by atoms with E-state index in [0.29, 0.717) is 5.69 Å². The summed E-state index contributed by atoms with van der Waals surface area (Å²) in [5.74, 6) is 0.522. The maximum atomic E-state index is 11.1. The number of ether oxygens (including phenoxy) is 1. The van der Waals surface area contributed by atoms with E-state index in [0.717, 1.165) is 25.5 Å². The van der Waals surface area contributed by atoms with Crippen LogP contribution in [0, 0.1) is 0 Å². The molecule has 0 saturated heterocycles. The Morgan fingerprint density at radius 1 is 1.77 bits per heavy atom. The third-order valence-corrected chi connectivity index (χ3v) is 2.07. The van der Waals surface area contributed by atoms with Crippen LogP contribution in [0.2, 0.25) is 0 Å². The second-order valence-electron chi connectivity index (χ2n) is 2.90. The molecule has 0 fully saturated rings. The monoisotopic (exact) mass is 181 g/mol. The van der Waals surface area contributed by atoms with Crippen LogP contribution in [0.3, 0.4) is 0 Å². The number of imidazole rings is 1. The highest BCUT2D eigenvalue weighted by Gasteiger charge is 2.16. The second-order valence-corrected chi connectivity index (χ2v) is 2.90. The summed E-state index contributed by atoms with van der Waals surface area (Å²) in [4.78, 5) is 15.3. The molecule has 13 heavy (non-hydrogen) atoms. The molecule has 2 heterocycles. The Morgan fingerprint density at radius 2 is 2.62 bits per heavy atom. The molecule has 0 aliphatic carbocycles. The van der Waals surface area contributed by atoms with Crippen LogP contribution in [0.25, 0.3) is 0 Å². The molecule has 5 nitrogen and oxygen atoms in total. The smallest absolute Gasteiger partial charge is 0.358 e. The van der Waals surface area contributed by atoms with Crippen molar-refractivity contribution in [2.45, 2.75) is 13.1 Å². The number of carbonyl (C=O) groups excluding carboxylic acids is 1. The highest BCUT2D eigenvalue weighted by Crippen LogP contribution is 2.07. The molecule has 0 aromatic carbocycles. The molecule has 0 radical (unpaired) electrons. The van der Waals surface area contributed by atoms with Crippen LogP contribution in [0.1, 0.15) is 16.3 Å². The maximum absolute atomic E-state index is 11.1. The van der Waals surface area contributed by atoms with E-state index in [9.17, 15) is 4.79 Å². The summed E-state index contributed by atoms with van der Waals surface area (Å²) >= 11 is 0. The molecule has 0 unspecified atom stereocenters. The maximum Gasteiger partial charge on any atom is 0.358 e. The van der Waals surface area contributed by atoms with E-state index in [2.05, 4.69) is 15.0 Å². The van der Waals surface area contributed by atoms with Crippen LogP contribution in [-0.4, -0.2) is 29.2 Å². The predicted molar refractivity (Wildman–Crippen MR) is 45.3 cm³/mol. The number of esters is 1. The Balaban J connectivity index is 2.30. The van der Waals surface area contributed by atoms with Gasteiger partial charge in [0.25, 0.3) is 0 Å². The van der Waals surface area contributed by atoms with Gasteiger partial charge in [0.15, 0.2) is 5.69 Å². The Labute approximate surface area is 75.7 Å². The summed E-state index contributed by atoms with van der Waals surface area (Å²) in [6, 6.07) is 0. The van der Waals surface area contributed by atoms with Gasteiger partial charge in [-0.2, -0.15) is 0 Å². The van der Waals surface area contributed by atoms with Crippen molar-refractivity contribution in [1.82, 2.24) is 14.9 Å². The third-order valence-electron chi connectivity index (χ3n) is 2.07. The van der Waals surface area contributed by atoms with Crippen LogP contribution in [0.4, 0.5) is 0 Å². The number of nitrogens with one attached hydrogen (secondary N) is 1. The fourth-order valence-electron chi connectivity index (χ4n) is 1.39. The van der Waals surface area contributed by atoms with Gasteiger partial charge in [0, 0.05) is 19.3 Å². The van der Waals surface area contributed by atoms with E-state index >= 15 is 0 Å². The van der Waals surface area contributed by atoms with Gasteiger partial charge in [-0.15, -0.1) is 0 Å². The Bertz CT molecular complexity index is 309. The van der Waals surface area contributed by atoms with Crippen molar-refractivity contribution in [1.29, 1.82) is 0 Å². The molecular formula is C8H11N3O2. The summed E-state index contributed by atoms with van der Waals surface area (Å²) < 4.78 is 6.55. The molecule has 2 rings (SSSR count). The first-order chi connectivity index (χ1) is 6.31. The molecule has 0 bridgehead atoms. The largest absolute Gasteiger partial charge is 0.464 e. The third kappa shape index (κ3) is 1.42. The van der Waals surface area contributed by atoms with Crippen molar-refractivity contribution in [3.8, 4) is 0 Å². The topological polar surface area (TPSA) is 56.2 Å². The van der Waals surface area contributed by atoms with Crippen molar-refractivity contribution in [2.75, 3.05) is 13.7 Å². The lowest BCUT2D eigenvalue weighted by atomic mass is 10.4. The highest BCUT2D eigenvalue weighted by atomic mass is 16.5. The number of hydrogen-bond acceptors (Lipinski definition) is 4. The number of carbonyl (C=O) groups is 1. The lowest BCUT2D eigenvalue weighted by Crippen LogP contribution is -2.27. The van der Waals surface area contributed by atoms with Crippen LogP contribution in [0.5, 0.6) is 0 Å². The average Bonchev–Trinajstić information content (AvgIpc) is 2.59. The molecular weight excluding hydrogens is 170 g/mol. The molecule has 1 aromatic heterocycles. The summed E-state index contributed by atoms with van der Waals surface area (Å²) in [6.07, 6.45) is 1.74. The summed E-state index contributed by atoms with van der Waals surface area (Å²) in [5, 5.41) is 3.18. The SMILES string of the molecule is COC(=O)c1cn2c(n1)CNCC2. The standard InChI is InChI=1S/C8H11N3O2/c1-13-8(12)6-5-11-3-2-9-4-7(11)10-6/h5,9H,2-4H2,1H3. The minimum atomic E-state index is -0.373. The quantitative estimate of drug-likeness (QED) is 0.608. The summed E-state index contributed by atoms with van der Waals surface area (Å²) in [7, 11) is 1.36. The number of fused-ring (bicyclic) bond motifs is 1. The zero-order valence-electron chi connectivity index (χ0n) is 7.41. The van der Waals surface area contributed by atoms with E-state index < -0.39 is 0 Å². The van der Waals surface area contributed by atoms with Crippen molar-refractivity contribution in [2.24, 2.45) is 0 Å². The van der Waals surface area contributed by atoms with Crippen LogP contribution >= 0.6 is 0 Å². The molecule has 70 valence electrons. The van der Waals surface area contributed by atoms with Gasteiger partial charge in [0.2, 0.25) is 0 Å². The van der Waals surface area contributed by atoms with E-state index in [-0.39, 0.29) is 5.97 Å². The summed E-state index contributed by atoms with van der Waals surface area (Å²) in [5.41, 5.74) is 0.390. The number of hydrogen-bond donors (Lipinski definition) is 1. The second kappa shape index (κ2) is 3.18. The number of rotatable bonds is 1. The van der Waals surface area contributed by atoms with Gasteiger partial charge >= 0.3 is 5.97 Å². The highest BCUT2D eigenvalue weighted by molar-refractivity contribution is 5.86. The molecule has 5 heteroatoms. The lowest BCUT2D eigenvalue weighted by Gasteiger charge is -2.13.